The highest BCUT2D eigenvalue weighted by atomic mass is 32.1. The molecule has 41 heavy (non-hydrogen) atoms. The number of anilines is 1. The van der Waals surface area contributed by atoms with Crippen LogP contribution in [0, 0.1) is 18.3 Å². The Bertz CT molecular complexity index is 1440. The number of nitrogens with zero attached hydrogens (tertiary/aromatic N) is 6. The summed E-state index contributed by atoms with van der Waals surface area (Å²) in [6, 6.07) is 6.61. The minimum absolute atomic E-state index is 0.140. The molecular weight excluding hydrogens is 540 g/mol. The largest absolute Gasteiger partial charge is 0.391 e. The summed E-state index contributed by atoms with van der Waals surface area (Å²) >= 11 is 1.61. The Hall–Kier alpha value is -3.35. The van der Waals surface area contributed by atoms with Crippen LogP contribution in [-0.2, 0) is 9.59 Å². The van der Waals surface area contributed by atoms with E-state index in [1.807, 2.05) is 49.8 Å². The third-order valence-corrected chi connectivity index (χ3v) is 10.1. The lowest BCUT2D eigenvalue weighted by atomic mass is 9.74. The van der Waals surface area contributed by atoms with Gasteiger partial charge < -0.3 is 25.5 Å². The molecule has 1 spiro atoms. The molecule has 216 valence electrons. The summed E-state index contributed by atoms with van der Waals surface area (Å²) in [5.74, 6) is 0.540. The maximum Gasteiger partial charge on any atom is 0.248 e. The number of carbonyl (C=O) groups is 2. The second kappa shape index (κ2) is 10.2. The van der Waals surface area contributed by atoms with E-state index in [0.29, 0.717) is 5.41 Å². The number of nitrogens with one attached hydrogen (secondary N) is 2. The highest BCUT2D eigenvalue weighted by Crippen LogP contribution is 2.42. The number of aryl methyl sites for hydroxylation is 1. The molecule has 1 unspecified atom stereocenters. The fraction of sp³-hybridized carbons (Fsp3) is 0.552. The number of amides is 2. The minimum Gasteiger partial charge on any atom is -0.391 e. The number of rotatable bonds is 8. The van der Waals surface area contributed by atoms with E-state index in [2.05, 4.69) is 30.8 Å². The van der Waals surface area contributed by atoms with E-state index in [1.165, 1.54) is 0 Å². The number of aromatic nitrogens is 4. The first kappa shape index (κ1) is 26.5. The zero-order valence-electron chi connectivity index (χ0n) is 23.4. The lowest BCUT2D eigenvalue weighted by Crippen LogP contribution is -2.71. The van der Waals surface area contributed by atoms with Crippen molar-refractivity contribution in [1.82, 2.24) is 35.5 Å². The Morgan fingerprint density at radius 3 is 2.59 bits per heavy atom. The fourth-order valence-electron chi connectivity index (χ4n) is 6.49. The molecule has 3 aromatic rings. The third-order valence-electron chi connectivity index (χ3n) is 9.12. The van der Waals surface area contributed by atoms with Gasteiger partial charge in [0.05, 0.1) is 34.4 Å². The van der Waals surface area contributed by atoms with Crippen LogP contribution in [0.1, 0.15) is 49.5 Å². The van der Waals surface area contributed by atoms with Crippen LogP contribution >= 0.6 is 11.3 Å². The number of aliphatic hydroxyl groups excluding tert-OH is 1. The van der Waals surface area contributed by atoms with E-state index in [4.69, 9.17) is 0 Å². The van der Waals surface area contributed by atoms with Crippen molar-refractivity contribution in [3.63, 3.8) is 0 Å². The quantitative estimate of drug-likeness (QED) is 0.371. The van der Waals surface area contributed by atoms with Gasteiger partial charge in [-0.05, 0) is 43.7 Å². The van der Waals surface area contributed by atoms with E-state index in [-0.39, 0.29) is 36.7 Å². The summed E-state index contributed by atoms with van der Waals surface area (Å²) in [4.78, 5) is 36.7. The molecular formula is C29H36N8O3S. The second-order valence-corrected chi connectivity index (χ2v) is 13.2. The average Bonchev–Trinajstić information content (AvgIpc) is 3.26. The van der Waals surface area contributed by atoms with Crippen LogP contribution in [0.4, 0.5) is 5.82 Å². The topological polar surface area (TPSA) is 129 Å². The molecule has 3 aliphatic heterocycles. The average molecular weight is 577 g/mol. The molecule has 4 atom stereocenters. The predicted octanol–water partition coefficient (Wildman–Crippen LogP) is 1.91. The Balaban J connectivity index is 1.03. The van der Waals surface area contributed by atoms with Gasteiger partial charge in [-0.15, -0.1) is 16.4 Å². The second-order valence-electron chi connectivity index (χ2n) is 12.3. The third kappa shape index (κ3) is 4.91. The van der Waals surface area contributed by atoms with Gasteiger partial charge in [0.15, 0.2) is 5.82 Å². The Labute approximate surface area is 242 Å². The van der Waals surface area contributed by atoms with Crippen molar-refractivity contribution < 1.29 is 14.7 Å². The molecule has 3 saturated heterocycles. The molecule has 4 fully saturated rings. The van der Waals surface area contributed by atoms with Gasteiger partial charge >= 0.3 is 0 Å². The number of thiazole rings is 1. The molecule has 11 nitrogen and oxygen atoms in total. The standard InChI is InChI=1S/C29H36N8O3S/c1-17(19-3-7-21(8-4-19)26-18(2)31-16-41-26)32-27(39)23-9-22(38)10-36(23)28(40)25(20-5-6-20)37-11-24(33-34-37)35-14-29(15-35)12-30-13-29/h3-4,7-8,11,16-17,20,22-23,25,30,38H,5-6,9-10,12-15H2,1-2H3,(H,32,39)/t17-,22+,23-,25?/m0/s1. The molecule has 5 heterocycles. The van der Waals surface area contributed by atoms with E-state index in [1.54, 1.807) is 20.9 Å². The monoisotopic (exact) mass is 576 g/mol. The van der Waals surface area contributed by atoms with Gasteiger partial charge in [0.1, 0.15) is 12.1 Å². The summed E-state index contributed by atoms with van der Waals surface area (Å²) in [7, 11) is 0. The SMILES string of the molecule is Cc1ncsc1-c1ccc([C@H](C)NC(=O)[C@@H]2C[C@@H](O)CN2C(=O)C(C2CC2)n2cc(N3CC4(CNC4)C3)nn2)cc1. The fourth-order valence-corrected chi connectivity index (χ4v) is 7.30. The van der Waals surface area contributed by atoms with Crippen molar-refractivity contribution in [3.05, 3.63) is 47.2 Å². The van der Waals surface area contributed by atoms with E-state index in [9.17, 15) is 14.7 Å². The summed E-state index contributed by atoms with van der Waals surface area (Å²) in [5, 5.41) is 25.7. The van der Waals surface area contributed by atoms with Gasteiger partial charge in [-0.2, -0.15) is 0 Å². The lowest BCUT2D eigenvalue weighted by Gasteiger charge is -2.56. The zero-order chi connectivity index (χ0) is 28.3. The number of hydrogen-bond donors (Lipinski definition) is 3. The number of carbonyl (C=O) groups excluding carboxylic acids is 2. The normalized spacial score (nSPS) is 24.6. The maximum absolute atomic E-state index is 14.0. The van der Waals surface area contributed by atoms with E-state index in [0.717, 1.165) is 66.5 Å². The molecule has 3 N–H and O–H groups in total. The molecule has 4 aliphatic rings. The summed E-state index contributed by atoms with van der Waals surface area (Å²) < 4.78 is 1.69. The molecule has 1 saturated carbocycles. The first-order valence-corrected chi connectivity index (χ1v) is 15.3. The highest BCUT2D eigenvalue weighted by Gasteiger charge is 2.49. The Morgan fingerprint density at radius 1 is 1.20 bits per heavy atom. The Kier molecular flexibility index (Phi) is 6.59. The lowest BCUT2D eigenvalue weighted by molar-refractivity contribution is -0.142. The first-order valence-electron chi connectivity index (χ1n) is 14.5. The first-order chi connectivity index (χ1) is 19.8. The van der Waals surface area contributed by atoms with Crippen molar-refractivity contribution in [3.8, 4) is 10.4 Å². The molecule has 12 heteroatoms. The molecule has 0 radical (unpaired) electrons. The smallest absolute Gasteiger partial charge is 0.248 e. The number of aliphatic hydroxyl groups is 1. The molecule has 2 aromatic heterocycles. The van der Waals surface area contributed by atoms with Crippen LogP contribution < -0.4 is 15.5 Å². The van der Waals surface area contributed by atoms with E-state index >= 15 is 0 Å². The van der Waals surface area contributed by atoms with Crippen molar-refractivity contribution in [2.75, 3.05) is 37.6 Å². The number of likely N-dealkylation sites (tertiary alicyclic amines) is 1. The zero-order valence-corrected chi connectivity index (χ0v) is 24.2. The van der Waals surface area contributed by atoms with E-state index < -0.39 is 18.2 Å². The van der Waals surface area contributed by atoms with Gasteiger partial charge in [0.25, 0.3) is 0 Å². The minimum atomic E-state index is -0.744. The van der Waals surface area contributed by atoms with Crippen LogP contribution in [-0.4, -0.2) is 86.7 Å². The van der Waals surface area contributed by atoms with Crippen LogP contribution in [0.5, 0.6) is 0 Å². The van der Waals surface area contributed by atoms with Gasteiger partial charge in [0, 0.05) is 44.6 Å². The van der Waals surface area contributed by atoms with Crippen molar-refractivity contribution >= 4 is 29.0 Å². The number of β-amino-alcohol motifs (C(OH)–C–C–N with tert-alkyl or cyclic N) is 1. The van der Waals surface area contributed by atoms with Gasteiger partial charge in [-0.1, -0.05) is 29.5 Å². The number of benzene rings is 1. The summed E-state index contributed by atoms with van der Waals surface area (Å²) in [6.07, 6.45) is 3.22. The summed E-state index contributed by atoms with van der Waals surface area (Å²) in [6.45, 7) is 8.05. The van der Waals surface area contributed by atoms with Crippen molar-refractivity contribution in [2.24, 2.45) is 11.3 Å². The summed E-state index contributed by atoms with van der Waals surface area (Å²) in [5.41, 5.74) is 5.27. The van der Waals surface area contributed by atoms with Crippen LogP contribution in [0.3, 0.4) is 0 Å². The van der Waals surface area contributed by atoms with Crippen LogP contribution in [0.25, 0.3) is 10.4 Å². The molecule has 7 rings (SSSR count). The van der Waals surface area contributed by atoms with Crippen molar-refractivity contribution in [1.29, 1.82) is 0 Å². The number of hydrogen-bond acceptors (Lipinski definition) is 9. The van der Waals surface area contributed by atoms with Crippen LogP contribution in [0.15, 0.2) is 36.0 Å². The van der Waals surface area contributed by atoms with Gasteiger partial charge in [0.2, 0.25) is 11.8 Å². The van der Waals surface area contributed by atoms with Gasteiger partial charge in [-0.3, -0.25) is 9.59 Å². The van der Waals surface area contributed by atoms with Crippen molar-refractivity contribution in [2.45, 2.75) is 57.3 Å². The molecule has 2 amide bonds. The maximum atomic E-state index is 14.0. The molecule has 1 aliphatic carbocycles. The Morgan fingerprint density at radius 2 is 1.95 bits per heavy atom. The molecule has 1 aromatic carbocycles. The van der Waals surface area contributed by atoms with Gasteiger partial charge in [-0.25, -0.2) is 9.67 Å². The van der Waals surface area contributed by atoms with Crippen LogP contribution in [0.2, 0.25) is 0 Å². The highest BCUT2D eigenvalue weighted by molar-refractivity contribution is 7.13. The molecule has 0 bridgehead atoms. The predicted molar refractivity (Wildman–Crippen MR) is 154 cm³/mol.